The fraction of sp³-hybridized carbons (Fsp3) is 0.474. The molecule has 1 N–H and O–H groups in total. The Kier molecular flexibility index (Phi) is 8.21. The first kappa shape index (κ1) is 23.6. The lowest BCUT2D eigenvalue weighted by Gasteiger charge is -2.22. The highest BCUT2D eigenvalue weighted by atomic mass is 32.2. The van der Waals surface area contributed by atoms with E-state index in [1.165, 1.54) is 4.31 Å². The minimum absolute atomic E-state index is 0.0359. The Balaban J connectivity index is 0.00000101. The molecule has 0 bridgehead atoms. The second-order valence-electron chi connectivity index (χ2n) is 6.76. The van der Waals surface area contributed by atoms with Crippen LogP contribution < -0.4 is 9.47 Å². The number of carboxylic acid groups (broad SMARTS) is 1. The monoisotopic (exact) mass is 441 g/mol. The van der Waals surface area contributed by atoms with Gasteiger partial charge in [-0.1, -0.05) is 0 Å². The van der Waals surface area contributed by atoms with Crippen molar-refractivity contribution >= 4 is 16.5 Å². The van der Waals surface area contributed by atoms with Gasteiger partial charge in [0.2, 0.25) is 10.0 Å². The highest BCUT2D eigenvalue weighted by Gasteiger charge is 2.35. The molecule has 11 heteroatoms. The Morgan fingerprint density at radius 1 is 1.27 bits per heavy atom. The zero-order valence-electron chi connectivity index (χ0n) is 17.4. The van der Waals surface area contributed by atoms with E-state index in [9.17, 15) is 8.42 Å². The van der Waals surface area contributed by atoms with Gasteiger partial charge in [-0.3, -0.25) is 4.79 Å². The van der Waals surface area contributed by atoms with Gasteiger partial charge in [0.1, 0.15) is 5.82 Å². The van der Waals surface area contributed by atoms with E-state index < -0.39 is 10.0 Å². The Morgan fingerprint density at radius 3 is 2.53 bits per heavy atom. The summed E-state index contributed by atoms with van der Waals surface area (Å²) in [4.78, 5) is 12.8. The molecule has 10 nitrogen and oxygen atoms in total. The van der Waals surface area contributed by atoms with E-state index in [1.54, 1.807) is 34.5 Å². The third-order valence-electron chi connectivity index (χ3n) is 4.81. The van der Waals surface area contributed by atoms with Crippen LogP contribution in [0.25, 0.3) is 11.4 Å². The van der Waals surface area contributed by atoms with Crippen molar-refractivity contribution in [2.24, 2.45) is 5.92 Å². The smallest absolute Gasteiger partial charge is 0.290 e. The molecule has 0 amide bonds. The average molecular weight is 442 g/mol. The molecule has 3 rings (SSSR count). The van der Waals surface area contributed by atoms with Gasteiger partial charge < -0.3 is 23.9 Å². The Hall–Kier alpha value is -2.63. The lowest BCUT2D eigenvalue weighted by Crippen LogP contribution is -2.32. The van der Waals surface area contributed by atoms with Crippen LogP contribution in [-0.2, 0) is 19.6 Å². The summed E-state index contributed by atoms with van der Waals surface area (Å²) in [5.74, 6) is 1.87. The topological polar surface area (TPSA) is 120 Å². The Bertz CT molecular complexity index is 943. The Morgan fingerprint density at radius 2 is 1.93 bits per heavy atom. The zero-order valence-corrected chi connectivity index (χ0v) is 18.2. The number of hydrogen-bond donors (Lipinski definition) is 1. The van der Waals surface area contributed by atoms with Crippen LogP contribution in [0.3, 0.4) is 0 Å². The van der Waals surface area contributed by atoms with E-state index in [0.717, 1.165) is 11.4 Å². The first-order valence-electron chi connectivity index (χ1n) is 9.10. The third kappa shape index (κ3) is 5.29. The maximum Gasteiger partial charge on any atom is 0.290 e. The zero-order chi connectivity index (χ0) is 22.3. The van der Waals surface area contributed by atoms with Crippen molar-refractivity contribution in [1.29, 1.82) is 0 Å². The van der Waals surface area contributed by atoms with Gasteiger partial charge in [-0.15, -0.1) is 0 Å². The van der Waals surface area contributed by atoms with Crippen molar-refractivity contribution in [3.8, 4) is 22.9 Å². The standard InChI is InChI=1S/C18H25N3O5S.CH2O2/c1-20(2)27(22,23)12-14-10-26-11-15(14)21-8-7-19-18(21)13-5-6-16(24-3)17(9-13)25-4;2-1-3/h5-9,14-15H,10-12H2,1-4H3;1H,(H,2,3)/t14-,15-;/m1./s1. The van der Waals surface area contributed by atoms with Crippen LogP contribution >= 0.6 is 0 Å². The van der Waals surface area contributed by atoms with Crippen LogP contribution in [0.4, 0.5) is 0 Å². The molecule has 0 saturated carbocycles. The summed E-state index contributed by atoms with van der Waals surface area (Å²) < 4.78 is 44.2. The molecule has 0 unspecified atom stereocenters. The molecule has 166 valence electrons. The van der Waals surface area contributed by atoms with Crippen LogP contribution in [0.1, 0.15) is 6.04 Å². The van der Waals surface area contributed by atoms with Crippen molar-refractivity contribution in [3.05, 3.63) is 30.6 Å². The molecular weight excluding hydrogens is 414 g/mol. The molecule has 1 saturated heterocycles. The van der Waals surface area contributed by atoms with E-state index in [4.69, 9.17) is 24.1 Å². The molecule has 2 aromatic rings. The maximum absolute atomic E-state index is 12.3. The van der Waals surface area contributed by atoms with Gasteiger partial charge >= 0.3 is 0 Å². The van der Waals surface area contributed by atoms with Gasteiger partial charge in [0.25, 0.3) is 6.47 Å². The summed E-state index contributed by atoms with van der Waals surface area (Å²) in [5.41, 5.74) is 0.860. The first-order valence-corrected chi connectivity index (χ1v) is 10.7. The number of aromatic nitrogens is 2. The summed E-state index contributed by atoms with van der Waals surface area (Å²) >= 11 is 0. The largest absolute Gasteiger partial charge is 0.493 e. The summed E-state index contributed by atoms with van der Waals surface area (Å²) in [7, 11) is 2.95. The molecule has 0 spiro atoms. The second-order valence-corrected chi connectivity index (χ2v) is 8.99. The Labute approximate surface area is 176 Å². The molecule has 1 aliphatic heterocycles. The maximum atomic E-state index is 12.3. The van der Waals surface area contributed by atoms with E-state index in [0.29, 0.717) is 24.7 Å². The lowest BCUT2D eigenvalue weighted by atomic mass is 10.1. The fourth-order valence-corrected chi connectivity index (χ4v) is 4.41. The molecule has 0 radical (unpaired) electrons. The van der Waals surface area contributed by atoms with Gasteiger partial charge in [0.15, 0.2) is 11.5 Å². The van der Waals surface area contributed by atoms with E-state index in [-0.39, 0.29) is 24.2 Å². The SMILES string of the molecule is COc1ccc(-c2nccn2[C@@H]2COC[C@@H]2CS(=O)(=O)N(C)C)cc1OC.O=CO. The van der Waals surface area contributed by atoms with Crippen LogP contribution in [0.2, 0.25) is 0 Å². The summed E-state index contributed by atoms with van der Waals surface area (Å²) in [6, 6.07) is 5.48. The molecule has 1 aliphatic rings. The van der Waals surface area contributed by atoms with Gasteiger partial charge in [-0.05, 0) is 18.2 Å². The van der Waals surface area contributed by atoms with E-state index in [2.05, 4.69) is 4.98 Å². The third-order valence-corrected chi connectivity index (χ3v) is 6.78. The van der Waals surface area contributed by atoms with Crippen molar-refractivity contribution in [1.82, 2.24) is 13.9 Å². The number of sulfonamides is 1. The number of hydrogen-bond acceptors (Lipinski definition) is 7. The summed E-state index contributed by atoms with van der Waals surface area (Å²) in [6.45, 7) is 0.603. The predicted octanol–water partition coefficient (Wildman–Crippen LogP) is 1.35. The molecule has 1 aromatic heterocycles. The summed E-state index contributed by atoms with van der Waals surface area (Å²) in [6.07, 6.45) is 3.57. The molecule has 0 aliphatic carbocycles. The van der Waals surface area contributed by atoms with Gasteiger partial charge in [0, 0.05) is 38.0 Å². The van der Waals surface area contributed by atoms with E-state index in [1.807, 2.05) is 29.0 Å². The summed E-state index contributed by atoms with van der Waals surface area (Å²) in [5, 5.41) is 6.89. The van der Waals surface area contributed by atoms with Crippen LogP contribution in [-0.4, -0.2) is 81.1 Å². The van der Waals surface area contributed by atoms with Crippen molar-refractivity contribution in [2.75, 3.05) is 47.3 Å². The number of nitrogens with zero attached hydrogens (tertiary/aromatic N) is 3. The average Bonchev–Trinajstić information content (AvgIpc) is 3.36. The molecule has 30 heavy (non-hydrogen) atoms. The van der Waals surface area contributed by atoms with Crippen molar-refractivity contribution in [2.45, 2.75) is 6.04 Å². The molecule has 2 heterocycles. The quantitative estimate of drug-likeness (QED) is 0.639. The first-order chi connectivity index (χ1) is 14.3. The van der Waals surface area contributed by atoms with Crippen LogP contribution in [0.15, 0.2) is 30.6 Å². The van der Waals surface area contributed by atoms with Crippen molar-refractivity contribution < 1.29 is 32.5 Å². The van der Waals surface area contributed by atoms with E-state index >= 15 is 0 Å². The number of carbonyl (C=O) groups is 1. The van der Waals surface area contributed by atoms with Gasteiger partial charge in [-0.2, -0.15) is 0 Å². The number of methoxy groups -OCH3 is 2. The second kappa shape index (κ2) is 10.4. The lowest BCUT2D eigenvalue weighted by molar-refractivity contribution is -0.122. The number of rotatable bonds is 7. The van der Waals surface area contributed by atoms with Crippen LogP contribution in [0.5, 0.6) is 11.5 Å². The number of imidazole rings is 1. The molecule has 2 atom stereocenters. The van der Waals surface area contributed by atoms with Crippen LogP contribution in [0, 0.1) is 5.92 Å². The highest BCUT2D eigenvalue weighted by molar-refractivity contribution is 7.89. The van der Waals surface area contributed by atoms with Crippen molar-refractivity contribution in [3.63, 3.8) is 0 Å². The number of benzene rings is 1. The molecule has 1 aromatic carbocycles. The minimum atomic E-state index is -3.32. The minimum Gasteiger partial charge on any atom is -0.493 e. The molecular formula is C19H27N3O7S. The molecule has 1 fully saturated rings. The highest BCUT2D eigenvalue weighted by Crippen LogP contribution is 2.35. The number of ether oxygens (including phenoxy) is 3. The fourth-order valence-electron chi connectivity index (χ4n) is 3.25. The predicted molar refractivity (Wildman–Crippen MR) is 110 cm³/mol. The normalized spacial score (nSPS) is 18.6. The van der Waals surface area contributed by atoms with Gasteiger partial charge in [0.05, 0.1) is 39.2 Å². The van der Waals surface area contributed by atoms with Gasteiger partial charge in [-0.25, -0.2) is 17.7 Å².